The lowest BCUT2D eigenvalue weighted by atomic mass is 9.85. The zero-order valence-corrected chi connectivity index (χ0v) is 24.3. The van der Waals surface area contributed by atoms with Gasteiger partial charge in [0.25, 0.3) is 0 Å². The lowest BCUT2D eigenvalue weighted by molar-refractivity contribution is -0.146. The van der Waals surface area contributed by atoms with Crippen molar-refractivity contribution in [2.75, 3.05) is 29.9 Å². The Morgan fingerprint density at radius 3 is 2.67 bits per heavy atom. The maximum absolute atomic E-state index is 11.6. The number of aromatic nitrogens is 3. The number of piperidine rings is 1. The highest BCUT2D eigenvalue weighted by Crippen LogP contribution is 2.30. The van der Waals surface area contributed by atoms with Gasteiger partial charge in [-0.05, 0) is 75.9 Å². The molecule has 0 aliphatic carbocycles. The van der Waals surface area contributed by atoms with Gasteiger partial charge in [0.2, 0.25) is 0 Å². The van der Waals surface area contributed by atoms with E-state index in [1.54, 1.807) is 32.4 Å². The average Bonchev–Trinajstić information content (AvgIpc) is 2.99. The second-order valence-corrected chi connectivity index (χ2v) is 11.1. The molecule has 0 radical (unpaired) electrons. The van der Waals surface area contributed by atoms with Crippen molar-refractivity contribution in [3.8, 4) is 22.8 Å². The summed E-state index contributed by atoms with van der Waals surface area (Å²) in [7, 11) is 0. The Hall–Kier alpha value is -4.66. The molecule has 1 aliphatic heterocycles. The van der Waals surface area contributed by atoms with Crippen molar-refractivity contribution < 1.29 is 19.4 Å². The standard InChI is InChI=1S/C33H37N5O4/c1-4-41-28-12-5-6-13-29(28)42-26-11-8-16-38(22-26)31-21-34-20-30(37-31)36-25-14-15-27(35-19-25)24-10-7-9-23(17-24)18-33(2,3)32(39)40/h5-7,9-10,12-15,17,19-21,26H,4,8,11,16,18,22H2,1-3H3,(H,36,37)(H,39,40)/t26-/m1/s1. The first-order valence-corrected chi connectivity index (χ1v) is 14.3. The SMILES string of the molecule is CCOc1ccccc1O[C@@H]1CCCN(c2cncc(Nc3ccc(-c4cccc(CC(C)(C)C(=O)O)c4)nc3)n2)C1. The highest BCUT2D eigenvalue weighted by Gasteiger charge is 2.27. The van der Waals surface area contributed by atoms with Gasteiger partial charge < -0.3 is 24.8 Å². The van der Waals surface area contributed by atoms with Gasteiger partial charge in [0.15, 0.2) is 17.3 Å². The summed E-state index contributed by atoms with van der Waals surface area (Å²) >= 11 is 0. The first-order chi connectivity index (χ1) is 20.3. The molecule has 1 atom stereocenters. The van der Waals surface area contributed by atoms with E-state index < -0.39 is 11.4 Å². The van der Waals surface area contributed by atoms with Gasteiger partial charge in [0.1, 0.15) is 11.9 Å². The number of ether oxygens (including phenoxy) is 2. The zero-order chi connectivity index (χ0) is 29.5. The number of nitrogens with zero attached hydrogens (tertiary/aromatic N) is 4. The number of carbonyl (C=O) groups is 1. The number of hydrogen-bond donors (Lipinski definition) is 2. The Balaban J connectivity index is 1.23. The first-order valence-electron chi connectivity index (χ1n) is 14.3. The molecule has 0 unspecified atom stereocenters. The van der Waals surface area contributed by atoms with Crippen molar-refractivity contribution in [3.05, 3.63) is 84.8 Å². The van der Waals surface area contributed by atoms with Crippen molar-refractivity contribution >= 4 is 23.3 Å². The highest BCUT2D eigenvalue weighted by molar-refractivity contribution is 5.74. The summed E-state index contributed by atoms with van der Waals surface area (Å²) in [6.07, 6.45) is 7.64. The quantitative estimate of drug-likeness (QED) is 0.213. The molecule has 1 saturated heterocycles. The summed E-state index contributed by atoms with van der Waals surface area (Å²) in [5, 5.41) is 12.8. The van der Waals surface area contributed by atoms with Gasteiger partial charge in [0.05, 0.1) is 48.5 Å². The van der Waals surface area contributed by atoms with E-state index in [1.807, 2.05) is 67.6 Å². The largest absolute Gasteiger partial charge is 0.490 e. The predicted molar refractivity (Wildman–Crippen MR) is 164 cm³/mol. The smallest absolute Gasteiger partial charge is 0.309 e. The molecule has 0 spiro atoms. The topological polar surface area (TPSA) is 110 Å². The van der Waals surface area contributed by atoms with Crippen LogP contribution < -0.4 is 19.7 Å². The van der Waals surface area contributed by atoms with Gasteiger partial charge in [-0.15, -0.1) is 0 Å². The first kappa shape index (κ1) is 28.9. The Morgan fingerprint density at radius 1 is 1.07 bits per heavy atom. The third-order valence-electron chi connectivity index (χ3n) is 7.25. The molecule has 5 rings (SSSR count). The Labute approximate surface area is 246 Å². The molecule has 2 aromatic carbocycles. The molecule has 3 heterocycles. The number of rotatable bonds is 11. The van der Waals surface area contributed by atoms with E-state index in [1.165, 1.54) is 0 Å². The summed E-state index contributed by atoms with van der Waals surface area (Å²) in [5.41, 5.74) is 2.65. The number of anilines is 3. The zero-order valence-electron chi connectivity index (χ0n) is 24.3. The fraction of sp³-hybridized carbons (Fsp3) is 0.333. The molecular weight excluding hydrogens is 530 g/mol. The third-order valence-corrected chi connectivity index (χ3v) is 7.25. The van der Waals surface area contributed by atoms with Crippen LogP contribution in [0, 0.1) is 5.41 Å². The molecule has 1 fully saturated rings. The van der Waals surface area contributed by atoms with E-state index in [2.05, 4.69) is 20.2 Å². The van der Waals surface area contributed by atoms with Crippen molar-refractivity contribution in [2.24, 2.45) is 5.41 Å². The van der Waals surface area contributed by atoms with Gasteiger partial charge in [-0.1, -0.05) is 30.3 Å². The van der Waals surface area contributed by atoms with Crippen LogP contribution in [0.5, 0.6) is 11.5 Å². The summed E-state index contributed by atoms with van der Waals surface area (Å²) in [4.78, 5) is 27.6. The molecule has 42 heavy (non-hydrogen) atoms. The molecule has 2 aromatic heterocycles. The van der Waals surface area contributed by atoms with Crippen molar-refractivity contribution in [2.45, 2.75) is 46.1 Å². The molecule has 9 heteroatoms. The van der Waals surface area contributed by atoms with E-state index in [-0.39, 0.29) is 6.10 Å². The number of aliphatic carboxylic acids is 1. The number of hydrogen-bond acceptors (Lipinski definition) is 8. The lowest BCUT2D eigenvalue weighted by Crippen LogP contribution is -2.41. The monoisotopic (exact) mass is 567 g/mol. The van der Waals surface area contributed by atoms with E-state index in [0.717, 1.165) is 59.2 Å². The average molecular weight is 568 g/mol. The van der Waals surface area contributed by atoms with Gasteiger partial charge >= 0.3 is 5.97 Å². The summed E-state index contributed by atoms with van der Waals surface area (Å²) in [6, 6.07) is 19.5. The fourth-order valence-electron chi connectivity index (χ4n) is 5.03. The molecule has 2 N–H and O–H groups in total. The predicted octanol–water partition coefficient (Wildman–Crippen LogP) is 6.38. The normalized spacial score (nSPS) is 15.2. The van der Waals surface area contributed by atoms with Crippen LogP contribution >= 0.6 is 0 Å². The minimum atomic E-state index is -0.841. The van der Waals surface area contributed by atoms with Crippen LogP contribution in [0.1, 0.15) is 39.2 Å². The third kappa shape index (κ3) is 7.15. The van der Waals surface area contributed by atoms with E-state index >= 15 is 0 Å². The number of nitrogens with one attached hydrogen (secondary N) is 1. The minimum absolute atomic E-state index is 0.0178. The molecule has 0 bridgehead atoms. The van der Waals surface area contributed by atoms with Crippen LogP contribution in [-0.4, -0.2) is 51.8 Å². The van der Waals surface area contributed by atoms with Gasteiger partial charge in [0, 0.05) is 12.1 Å². The summed E-state index contributed by atoms with van der Waals surface area (Å²) in [6.45, 7) is 7.61. The summed E-state index contributed by atoms with van der Waals surface area (Å²) in [5.74, 6) is 2.13. The maximum Gasteiger partial charge on any atom is 0.309 e. The number of carboxylic acids is 1. The lowest BCUT2D eigenvalue weighted by Gasteiger charge is -2.33. The van der Waals surface area contributed by atoms with E-state index in [0.29, 0.717) is 25.4 Å². The number of benzene rings is 2. The number of pyridine rings is 1. The molecule has 0 amide bonds. The maximum atomic E-state index is 11.6. The van der Waals surface area contributed by atoms with Crippen molar-refractivity contribution in [3.63, 3.8) is 0 Å². The van der Waals surface area contributed by atoms with Crippen LogP contribution in [-0.2, 0) is 11.2 Å². The number of carboxylic acid groups (broad SMARTS) is 1. The number of para-hydroxylation sites is 2. The van der Waals surface area contributed by atoms with Crippen molar-refractivity contribution in [1.82, 2.24) is 15.0 Å². The Bertz CT molecular complexity index is 1510. The molecular formula is C33H37N5O4. The molecule has 4 aromatic rings. The summed E-state index contributed by atoms with van der Waals surface area (Å²) < 4.78 is 12.1. The van der Waals surface area contributed by atoms with E-state index in [9.17, 15) is 9.90 Å². The highest BCUT2D eigenvalue weighted by atomic mass is 16.5. The van der Waals surface area contributed by atoms with Crippen LogP contribution in [0.4, 0.5) is 17.3 Å². The van der Waals surface area contributed by atoms with Gasteiger partial charge in [-0.3, -0.25) is 14.8 Å². The second kappa shape index (κ2) is 12.9. The van der Waals surface area contributed by atoms with Crippen LogP contribution in [0.3, 0.4) is 0 Å². The van der Waals surface area contributed by atoms with Crippen LogP contribution in [0.25, 0.3) is 11.3 Å². The second-order valence-electron chi connectivity index (χ2n) is 11.1. The molecule has 1 aliphatic rings. The molecule has 0 saturated carbocycles. The molecule has 9 nitrogen and oxygen atoms in total. The van der Waals surface area contributed by atoms with Crippen LogP contribution in [0.2, 0.25) is 0 Å². The van der Waals surface area contributed by atoms with Crippen molar-refractivity contribution in [1.29, 1.82) is 0 Å². The van der Waals surface area contributed by atoms with Crippen LogP contribution in [0.15, 0.2) is 79.3 Å². The molecule has 218 valence electrons. The fourth-order valence-corrected chi connectivity index (χ4v) is 5.03. The van der Waals surface area contributed by atoms with Gasteiger partial charge in [-0.2, -0.15) is 0 Å². The Morgan fingerprint density at radius 2 is 1.90 bits per heavy atom. The van der Waals surface area contributed by atoms with Gasteiger partial charge in [-0.25, -0.2) is 4.98 Å². The Kier molecular flexibility index (Phi) is 8.85. The van der Waals surface area contributed by atoms with E-state index in [4.69, 9.17) is 14.5 Å². The minimum Gasteiger partial charge on any atom is -0.490 e.